The molecule has 0 radical (unpaired) electrons. The zero-order valence-corrected chi connectivity index (χ0v) is 18.5. The molecule has 1 aliphatic heterocycles. The molecule has 0 aliphatic carbocycles. The number of nitrogens with one attached hydrogen (secondary N) is 1. The maximum Gasteiger partial charge on any atom is 0.135 e. The van der Waals surface area contributed by atoms with E-state index in [9.17, 15) is 0 Å². The zero-order valence-electron chi connectivity index (χ0n) is 16.4. The van der Waals surface area contributed by atoms with Gasteiger partial charge in [0.1, 0.15) is 23.0 Å². The number of halogens is 1. The van der Waals surface area contributed by atoms with Gasteiger partial charge in [0, 0.05) is 18.3 Å². The number of nitrogens with zero attached hydrogens (tertiary/aromatic N) is 3. The van der Waals surface area contributed by atoms with Crippen LogP contribution in [-0.4, -0.2) is 27.9 Å². The molecule has 152 valence electrons. The van der Waals surface area contributed by atoms with Gasteiger partial charge < -0.3 is 15.8 Å². The molecule has 30 heavy (non-hydrogen) atoms. The fourth-order valence-corrected chi connectivity index (χ4v) is 4.63. The number of pyridine rings is 1. The molecule has 0 bridgehead atoms. The summed E-state index contributed by atoms with van der Waals surface area (Å²) in [5.41, 5.74) is 9.26. The van der Waals surface area contributed by atoms with Gasteiger partial charge in [-0.25, -0.2) is 4.98 Å². The van der Waals surface area contributed by atoms with Crippen molar-refractivity contribution in [3.05, 3.63) is 64.4 Å². The van der Waals surface area contributed by atoms with Crippen molar-refractivity contribution >= 4 is 39.3 Å². The third kappa shape index (κ3) is 3.63. The Labute approximate surface area is 188 Å². The van der Waals surface area contributed by atoms with Gasteiger partial charge in [0.15, 0.2) is 0 Å². The number of ether oxygens (including phenoxy) is 1. The maximum atomic E-state index is 6.33. The summed E-state index contributed by atoms with van der Waals surface area (Å²) in [4.78, 5) is 4.40. The normalized spacial score (nSPS) is 16.6. The van der Waals surface area contributed by atoms with Crippen LogP contribution in [0.4, 0.5) is 5.82 Å². The van der Waals surface area contributed by atoms with Gasteiger partial charge in [-0.15, -0.1) is 0 Å². The number of rotatable bonds is 4. The largest absolute Gasteiger partial charge is 0.457 e. The average Bonchev–Trinajstić information content (AvgIpc) is 3.20. The summed E-state index contributed by atoms with van der Waals surface area (Å²) in [6.45, 7) is 1.98. The van der Waals surface area contributed by atoms with E-state index in [1.165, 1.54) is 0 Å². The smallest absolute Gasteiger partial charge is 0.135 e. The van der Waals surface area contributed by atoms with Gasteiger partial charge in [0.2, 0.25) is 0 Å². The summed E-state index contributed by atoms with van der Waals surface area (Å²) in [6.07, 6.45) is 4.07. The van der Waals surface area contributed by atoms with E-state index in [2.05, 4.69) is 37.6 Å². The first-order valence-electron chi connectivity index (χ1n) is 10.1. The van der Waals surface area contributed by atoms with Crippen LogP contribution in [-0.2, 0) is 0 Å². The second-order valence-corrected chi connectivity index (χ2v) is 8.61. The second kappa shape index (κ2) is 8.23. The quantitative estimate of drug-likeness (QED) is 0.377. The lowest BCUT2D eigenvalue weighted by atomic mass is 10.1. The summed E-state index contributed by atoms with van der Waals surface area (Å²) >= 11 is 2.33. The van der Waals surface area contributed by atoms with Crippen molar-refractivity contribution < 1.29 is 4.74 Å². The number of anilines is 1. The number of para-hydroxylation sites is 1. The molecule has 6 nitrogen and oxygen atoms in total. The molecule has 5 rings (SSSR count). The fraction of sp³-hybridized carbons (Fsp3) is 0.217. The van der Waals surface area contributed by atoms with Crippen LogP contribution in [0.25, 0.3) is 22.2 Å². The van der Waals surface area contributed by atoms with E-state index in [4.69, 9.17) is 15.6 Å². The lowest BCUT2D eigenvalue weighted by Crippen LogP contribution is -2.32. The van der Waals surface area contributed by atoms with Gasteiger partial charge in [-0.05, 0) is 78.4 Å². The molecule has 3 heterocycles. The van der Waals surface area contributed by atoms with Crippen LogP contribution in [0.15, 0.2) is 60.8 Å². The molecular formula is C23H22IN5O. The highest BCUT2D eigenvalue weighted by molar-refractivity contribution is 14.1. The molecule has 7 heteroatoms. The topological polar surface area (TPSA) is 78.0 Å². The van der Waals surface area contributed by atoms with Crippen molar-refractivity contribution in [1.82, 2.24) is 20.1 Å². The molecule has 2 aromatic heterocycles. The number of hydrogen-bond donors (Lipinski definition) is 2. The summed E-state index contributed by atoms with van der Waals surface area (Å²) in [7, 11) is 0. The van der Waals surface area contributed by atoms with E-state index >= 15 is 0 Å². The van der Waals surface area contributed by atoms with E-state index < -0.39 is 0 Å². The molecule has 0 unspecified atom stereocenters. The molecule has 0 saturated carbocycles. The summed E-state index contributed by atoms with van der Waals surface area (Å²) < 4.78 is 9.13. The highest BCUT2D eigenvalue weighted by Crippen LogP contribution is 2.37. The number of benzene rings is 2. The van der Waals surface area contributed by atoms with Crippen LogP contribution in [0.3, 0.4) is 0 Å². The summed E-state index contributed by atoms with van der Waals surface area (Å²) in [5.74, 6) is 2.11. The van der Waals surface area contributed by atoms with Crippen LogP contribution in [0.1, 0.15) is 18.9 Å². The molecule has 3 N–H and O–H groups in total. The average molecular weight is 511 g/mol. The predicted molar refractivity (Wildman–Crippen MR) is 128 cm³/mol. The Kier molecular flexibility index (Phi) is 5.30. The minimum atomic E-state index is 0.311. The number of nitrogen functional groups attached to an aromatic ring is 1. The number of piperidine rings is 1. The predicted octanol–water partition coefficient (Wildman–Crippen LogP) is 5.00. The standard InChI is InChI=1S/C23H22IN5O/c24-19-14-27-23(25)20-21(28-29(22(19)20)16-5-4-12-26-13-16)15-8-10-18(11-9-15)30-17-6-2-1-3-7-17/h1-3,6-11,14,16,26H,4-5,12-13H2,(H2,25,27)/t16-/m1/s1. The number of aromatic nitrogens is 3. The van der Waals surface area contributed by atoms with Crippen LogP contribution >= 0.6 is 22.6 Å². The maximum absolute atomic E-state index is 6.33. The fourth-order valence-electron chi connectivity index (χ4n) is 3.97. The molecular weight excluding hydrogens is 489 g/mol. The molecule has 2 aromatic carbocycles. The third-order valence-electron chi connectivity index (χ3n) is 5.43. The molecule has 1 saturated heterocycles. The third-order valence-corrected chi connectivity index (χ3v) is 6.22. The van der Waals surface area contributed by atoms with Crippen LogP contribution < -0.4 is 15.8 Å². The zero-order chi connectivity index (χ0) is 20.5. The Morgan fingerprint density at radius 2 is 1.83 bits per heavy atom. The van der Waals surface area contributed by atoms with E-state index in [1.807, 2.05) is 60.8 Å². The van der Waals surface area contributed by atoms with Crippen molar-refractivity contribution in [1.29, 1.82) is 0 Å². The monoisotopic (exact) mass is 511 g/mol. The first-order chi connectivity index (χ1) is 14.7. The Morgan fingerprint density at radius 3 is 2.57 bits per heavy atom. The Bertz CT molecular complexity index is 1170. The van der Waals surface area contributed by atoms with Crippen molar-refractivity contribution in [2.24, 2.45) is 0 Å². The van der Waals surface area contributed by atoms with Crippen molar-refractivity contribution in [2.75, 3.05) is 18.8 Å². The van der Waals surface area contributed by atoms with E-state index in [0.717, 1.165) is 63.2 Å². The van der Waals surface area contributed by atoms with Gasteiger partial charge in [0.25, 0.3) is 0 Å². The van der Waals surface area contributed by atoms with E-state index in [1.54, 1.807) is 0 Å². The highest BCUT2D eigenvalue weighted by atomic mass is 127. The molecule has 1 atom stereocenters. The highest BCUT2D eigenvalue weighted by Gasteiger charge is 2.24. The van der Waals surface area contributed by atoms with Gasteiger partial charge in [0.05, 0.1) is 20.5 Å². The lowest BCUT2D eigenvalue weighted by Gasteiger charge is -2.24. The van der Waals surface area contributed by atoms with Gasteiger partial charge >= 0.3 is 0 Å². The second-order valence-electron chi connectivity index (χ2n) is 7.45. The summed E-state index contributed by atoms with van der Waals surface area (Å²) in [5, 5.41) is 9.44. The SMILES string of the molecule is Nc1ncc(I)c2c1c(-c1ccc(Oc3ccccc3)cc1)nn2[C@@H]1CCCNC1. The first-order valence-corrected chi connectivity index (χ1v) is 11.1. The van der Waals surface area contributed by atoms with Gasteiger partial charge in [-0.2, -0.15) is 5.10 Å². The van der Waals surface area contributed by atoms with E-state index in [-0.39, 0.29) is 0 Å². The Morgan fingerprint density at radius 1 is 1.07 bits per heavy atom. The Balaban J connectivity index is 1.56. The molecule has 1 fully saturated rings. The van der Waals surface area contributed by atoms with Crippen molar-refractivity contribution in [3.63, 3.8) is 0 Å². The van der Waals surface area contributed by atoms with Crippen LogP contribution in [0.2, 0.25) is 0 Å². The number of hydrogen-bond acceptors (Lipinski definition) is 5. The molecule has 0 spiro atoms. The van der Waals surface area contributed by atoms with Gasteiger partial charge in [-0.1, -0.05) is 18.2 Å². The van der Waals surface area contributed by atoms with Gasteiger partial charge in [-0.3, -0.25) is 4.68 Å². The van der Waals surface area contributed by atoms with Crippen LogP contribution in [0, 0.1) is 3.57 Å². The lowest BCUT2D eigenvalue weighted by molar-refractivity contribution is 0.355. The number of nitrogens with two attached hydrogens (primary N) is 1. The minimum Gasteiger partial charge on any atom is -0.457 e. The molecule has 4 aromatic rings. The first kappa shape index (κ1) is 19.3. The van der Waals surface area contributed by atoms with Crippen molar-refractivity contribution in [2.45, 2.75) is 18.9 Å². The minimum absolute atomic E-state index is 0.311. The number of fused-ring (bicyclic) bond motifs is 1. The summed E-state index contributed by atoms with van der Waals surface area (Å²) in [6, 6.07) is 18.1. The molecule has 0 amide bonds. The Hall–Kier alpha value is -2.65. The molecule has 1 aliphatic rings. The van der Waals surface area contributed by atoms with Crippen LogP contribution in [0.5, 0.6) is 11.5 Å². The van der Waals surface area contributed by atoms with E-state index in [0.29, 0.717) is 11.9 Å². The van der Waals surface area contributed by atoms with Crippen molar-refractivity contribution in [3.8, 4) is 22.8 Å².